The molecule has 0 aromatic heterocycles. The summed E-state index contributed by atoms with van der Waals surface area (Å²) in [6.45, 7) is 0. The van der Waals surface area contributed by atoms with Crippen LogP contribution in [0.2, 0.25) is 0 Å². The van der Waals surface area contributed by atoms with E-state index in [2.05, 4.69) is 27.1 Å². The molecule has 98 valence electrons. The molecule has 0 spiro atoms. The quantitative estimate of drug-likeness (QED) is 0.601. The van der Waals surface area contributed by atoms with E-state index in [0.29, 0.717) is 0 Å². The summed E-state index contributed by atoms with van der Waals surface area (Å²) in [4.78, 5) is 0. The highest BCUT2D eigenvalue weighted by atomic mass is 15.5. The van der Waals surface area contributed by atoms with Crippen LogP contribution in [0.4, 0.5) is 5.69 Å². The molecular weight excluding hydrogens is 240 g/mol. The number of nitrogens with one attached hydrogen (secondary N) is 2. The molecule has 2 unspecified atom stereocenters. The average Bonchev–Trinajstić information content (AvgIpc) is 2.76. The lowest BCUT2D eigenvalue weighted by Gasteiger charge is -2.10. The molecule has 1 fully saturated rings. The Morgan fingerprint density at radius 1 is 0.895 bits per heavy atom. The molecule has 3 rings (SSSR count). The highest BCUT2D eigenvalue weighted by Crippen LogP contribution is 2.21. The van der Waals surface area contributed by atoms with Gasteiger partial charge in [-0.3, -0.25) is 0 Å². The van der Waals surface area contributed by atoms with Gasteiger partial charge in [0.1, 0.15) is 6.04 Å². The Hall–Kier alpha value is -1.86. The Kier molecular flexibility index (Phi) is 3.22. The van der Waals surface area contributed by atoms with E-state index in [0.717, 1.165) is 11.1 Å². The maximum Gasteiger partial charge on any atom is 0.130 e. The molecule has 2 aromatic rings. The molecule has 0 radical (unpaired) electrons. The number of hydrazine groups is 1. The number of azo groups is 1. The molecule has 6 nitrogen and oxygen atoms in total. The number of hydrogen-bond acceptors (Lipinski definition) is 6. The first kappa shape index (κ1) is 12.2. The fourth-order valence-electron chi connectivity index (χ4n) is 2.10. The minimum absolute atomic E-state index is 0.272. The fraction of sp³-hybridized carbons (Fsp3) is 0.231. The van der Waals surface area contributed by atoms with Gasteiger partial charge in [-0.15, -0.1) is 0 Å². The lowest BCUT2D eigenvalue weighted by atomic mass is 10.1. The molecule has 6 N–H and O–H groups in total. The fourth-order valence-corrected chi connectivity index (χ4v) is 2.10. The van der Waals surface area contributed by atoms with E-state index in [9.17, 15) is 0 Å². The molecule has 1 heterocycles. The standard InChI is InChI=1S/C13H16N6/c14-12-11(13(15)19-18-12)17-16-10-6-5-8-3-1-2-4-9(8)7-10/h1-7,11-13,18-19H,14-15H2. The van der Waals surface area contributed by atoms with Crippen molar-refractivity contribution < 1.29 is 0 Å². The van der Waals surface area contributed by atoms with Crippen LogP contribution in [0.3, 0.4) is 0 Å². The summed E-state index contributed by atoms with van der Waals surface area (Å²) >= 11 is 0. The summed E-state index contributed by atoms with van der Waals surface area (Å²) in [5.41, 5.74) is 18.1. The van der Waals surface area contributed by atoms with Crippen LogP contribution in [0.15, 0.2) is 52.7 Å². The number of hydrogen-bond donors (Lipinski definition) is 4. The summed E-state index contributed by atoms with van der Waals surface area (Å²) in [5, 5.41) is 10.8. The number of fused-ring (bicyclic) bond motifs is 1. The summed E-state index contributed by atoms with van der Waals surface area (Å²) < 4.78 is 0. The van der Waals surface area contributed by atoms with Gasteiger partial charge in [0.25, 0.3) is 0 Å². The van der Waals surface area contributed by atoms with E-state index in [-0.39, 0.29) is 18.4 Å². The van der Waals surface area contributed by atoms with Crippen molar-refractivity contribution in [3.8, 4) is 0 Å². The lowest BCUT2D eigenvalue weighted by molar-refractivity contribution is 0.520. The Balaban J connectivity index is 1.84. The van der Waals surface area contributed by atoms with Gasteiger partial charge in [-0.05, 0) is 22.9 Å². The SMILES string of the molecule is NC1NNC(N)C1N=Nc1ccc2ccccc2c1. The van der Waals surface area contributed by atoms with Crippen LogP contribution in [0.1, 0.15) is 0 Å². The molecular formula is C13H16N6. The van der Waals surface area contributed by atoms with Crippen LogP contribution in [0.25, 0.3) is 10.8 Å². The van der Waals surface area contributed by atoms with Gasteiger partial charge < -0.3 is 11.5 Å². The third-order valence-corrected chi connectivity index (χ3v) is 3.19. The van der Waals surface area contributed by atoms with Gasteiger partial charge in [0.05, 0.1) is 18.0 Å². The molecule has 1 aliphatic rings. The Labute approximate surface area is 110 Å². The summed E-state index contributed by atoms with van der Waals surface area (Å²) in [7, 11) is 0. The number of nitrogens with zero attached hydrogens (tertiary/aromatic N) is 2. The summed E-state index contributed by atoms with van der Waals surface area (Å²) in [5.74, 6) is 0. The molecule has 0 bridgehead atoms. The van der Waals surface area contributed by atoms with Crippen molar-refractivity contribution in [1.29, 1.82) is 0 Å². The largest absolute Gasteiger partial charge is 0.313 e. The van der Waals surface area contributed by atoms with Gasteiger partial charge in [0.2, 0.25) is 0 Å². The van der Waals surface area contributed by atoms with Crippen LogP contribution in [-0.2, 0) is 0 Å². The second-order valence-corrected chi connectivity index (χ2v) is 4.58. The van der Waals surface area contributed by atoms with Crippen LogP contribution in [0.5, 0.6) is 0 Å². The van der Waals surface area contributed by atoms with Crippen molar-refractivity contribution in [2.45, 2.75) is 18.4 Å². The molecule has 0 aliphatic carbocycles. The first-order chi connectivity index (χ1) is 9.24. The predicted octanol–water partition coefficient (Wildman–Crippen LogP) is 0.970. The Morgan fingerprint density at radius 2 is 1.58 bits per heavy atom. The van der Waals surface area contributed by atoms with Crippen molar-refractivity contribution in [3.63, 3.8) is 0 Å². The Morgan fingerprint density at radius 3 is 2.32 bits per heavy atom. The van der Waals surface area contributed by atoms with E-state index in [4.69, 9.17) is 11.5 Å². The zero-order valence-electron chi connectivity index (χ0n) is 10.3. The van der Waals surface area contributed by atoms with Gasteiger partial charge in [-0.2, -0.15) is 10.2 Å². The number of nitrogens with two attached hydrogens (primary N) is 2. The van der Waals surface area contributed by atoms with Crippen LogP contribution < -0.4 is 22.3 Å². The Bertz CT molecular complexity index is 601. The van der Waals surface area contributed by atoms with Gasteiger partial charge in [0.15, 0.2) is 0 Å². The van der Waals surface area contributed by atoms with Gasteiger partial charge in [0, 0.05) is 0 Å². The number of benzene rings is 2. The predicted molar refractivity (Wildman–Crippen MR) is 74.5 cm³/mol. The highest BCUT2D eigenvalue weighted by Gasteiger charge is 2.30. The first-order valence-electron chi connectivity index (χ1n) is 6.16. The normalized spacial score (nSPS) is 27.4. The molecule has 19 heavy (non-hydrogen) atoms. The van der Waals surface area contributed by atoms with Crippen LogP contribution in [0, 0.1) is 0 Å². The van der Waals surface area contributed by atoms with E-state index in [1.807, 2.05) is 36.4 Å². The van der Waals surface area contributed by atoms with Crippen molar-refractivity contribution in [1.82, 2.24) is 10.9 Å². The lowest BCUT2D eigenvalue weighted by Crippen LogP contribution is -2.41. The van der Waals surface area contributed by atoms with E-state index < -0.39 is 0 Å². The molecule has 0 amide bonds. The molecule has 6 heteroatoms. The van der Waals surface area contributed by atoms with Gasteiger partial charge in [-0.1, -0.05) is 30.3 Å². The van der Waals surface area contributed by atoms with E-state index >= 15 is 0 Å². The summed E-state index contributed by atoms with van der Waals surface area (Å²) in [6.07, 6.45) is -0.640. The second-order valence-electron chi connectivity index (χ2n) is 4.58. The summed E-state index contributed by atoms with van der Waals surface area (Å²) in [6, 6.07) is 13.8. The highest BCUT2D eigenvalue weighted by molar-refractivity contribution is 5.84. The topological polar surface area (TPSA) is 101 Å². The third-order valence-electron chi connectivity index (χ3n) is 3.19. The van der Waals surface area contributed by atoms with Gasteiger partial charge >= 0.3 is 0 Å². The maximum atomic E-state index is 5.82. The van der Waals surface area contributed by atoms with Crippen molar-refractivity contribution in [2.24, 2.45) is 21.7 Å². The van der Waals surface area contributed by atoms with Crippen LogP contribution >= 0.6 is 0 Å². The van der Waals surface area contributed by atoms with Crippen molar-refractivity contribution in [3.05, 3.63) is 42.5 Å². The monoisotopic (exact) mass is 256 g/mol. The molecule has 0 saturated carbocycles. The minimum atomic E-state index is -0.320. The molecule has 2 aromatic carbocycles. The average molecular weight is 256 g/mol. The molecule has 2 atom stereocenters. The molecule has 1 aliphatic heterocycles. The maximum absolute atomic E-state index is 5.82. The van der Waals surface area contributed by atoms with Crippen molar-refractivity contribution in [2.75, 3.05) is 0 Å². The molecule has 1 saturated heterocycles. The zero-order chi connectivity index (χ0) is 13.2. The smallest absolute Gasteiger partial charge is 0.130 e. The minimum Gasteiger partial charge on any atom is -0.313 e. The first-order valence-corrected chi connectivity index (χ1v) is 6.16. The third kappa shape index (κ3) is 2.47. The van der Waals surface area contributed by atoms with Gasteiger partial charge in [-0.25, -0.2) is 10.9 Å². The zero-order valence-corrected chi connectivity index (χ0v) is 10.3. The van der Waals surface area contributed by atoms with E-state index in [1.165, 1.54) is 5.39 Å². The second kappa shape index (κ2) is 5.02. The van der Waals surface area contributed by atoms with Crippen LogP contribution in [-0.4, -0.2) is 18.4 Å². The van der Waals surface area contributed by atoms with Crippen molar-refractivity contribution >= 4 is 16.5 Å². The van der Waals surface area contributed by atoms with E-state index in [1.54, 1.807) is 0 Å². The number of rotatable bonds is 2.